The largest absolute Gasteiger partial charge is 0.361 e. The van der Waals surface area contributed by atoms with E-state index in [1.54, 1.807) is 0 Å². The first-order chi connectivity index (χ1) is 8.62. The predicted octanol–water partition coefficient (Wildman–Crippen LogP) is 3.34. The van der Waals surface area contributed by atoms with Crippen LogP contribution in [0.25, 0.3) is 12.2 Å². The van der Waals surface area contributed by atoms with Gasteiger partial charge in [-0.05, 0) is 18.6 Å². The molecule has 18 heavy (non-hydrogen) atoms. The number of nitrogens with one attached hydrogen (secondary N) is 2. The summed E-state index contributed by atoms with van der Waals surface area (Å²) in [5, 5.41) is 11.1. The number of nitriles is 1. The molecule has 0 saturated heterocycles. The normalized spacial score (nSPS) is 20.2. The second kappa shape index (κ2) is 6.36. The van der Waals surface area contributed by atoms with Crippen molar-refractivity contribution in [1.82, 2.24) is 10.3 Å². The minimum atomic E-state index is -0.222. The molecule has 0 bridgehead atoms. The Morgan fingerprint density at radius 3 is 2.72 bits per heavy atom. The van der Waals surface area contributed by atoms with E-state index in [2.05, 4.69) is 22.9 Å². The second-order valence-electron chi connectivity index (χ2n) is 4.00. The number of H-pyrrole nitrogens is 1. The molecule has 1 aromatic rings. The molecule has 3 nitrogen and oxygen atoms in total. The van der Waals surface area contributed by atoms with Gasteiger partial charge in [0.2, 0.25) is 0 Å². The zero-order valence-electron chi connectivity index (χ0n) is 11.0. The van der Waals surface area contributed by atoms with Crippen LogP contribution in [0.1, 0.15) is 37.6 Å². The molecule has 1 heterocycles. The first kappa shape index (κ1) is 14.5. The Balaban J connectivity index is 0.000000771. The molecule has 0 spiro atoms. The van der Waals surface area contributed by atoms with Crippen molar-refractivity contribution in [1.29, 1.82) is 5.26 Å². The number of nitrogens with zero attached hydrogens (tertiary/aromatic N) is 1. The van der Waals surface area contributed by atoms with Gasteiger partial charge in [-0.25, -0.2) is 0 Å². The van der Waals surface area contributed by atoms with Gasteiger partial charge in [0.05, 0.1) is 6.54 Å². The van der Waals surface area contributed by atoms with E-state index in [0.29, 0.717) is 6.54 Å². The molecule has 0 amide bonds. The molecule has 0 aromatic carbocycles. The van der Waals surface area contributed by atoms with Crippen LogP contribution in [0.5, 0.6) is 0 Å². The van der Waals surface area contributed by atoms with Crippen molar-refractivity contribution in [2.24, 2.45) is 0 Å². The summed E-state index contributed by atoms with van der Waals surface area (Å²) in [7, 11) is 0. The standard InChI is InChI=1S/C12H13N3S.C2H6/c1-12(16)4-2-10-9(6-14-8-13)7-15-11(10)3-5-12;1-2/h2-5,7,14-16H,6H2,1H3;1-2H3. The van der Waals surface area contributed by atoms with Crippen molar-refractivity contribution in [3.8, 4) is 6.19 Å². The molecule has 96 valence electrons. The minimum Gasteiger partial charge on any atom is -0.361 e. The van der Waals surface area contributed by atoms with Crippen LogP contribution >= 0.6 is 12.6 Å². The van der Waals surface area contributed by atoms with Crippen LogP contribution in [0.4, 0.5) is 0 Å². The third-order valence-electron chi connectivity index (χ3n) is 2.57. The van der Waals surface area contributed by atoms with Crippen molar-refractivity contribution in [3.05, 3.63) is 35.2 Å². The van der Waals surface area contributed by atoms with E-state index in [1.807, 2.05) is 57.5 Å². The lowest BCUT2D eigenvalue weighted by molar-refractivity contribution is 0.884. The number of aromatic amines is 1. The van der Waals surface area contributed by atoms with Gasteiger partial charge in [-0.1, -0.05) is 32.1 Å². The number of hydrogen-bond donors (Lipinski definition) is 3. The monoisotopic (exact) mass is 261 g/mol. The molecule has 4 heteroatoms. The van der Waals surface area contributed by atoms with Gasteiger partial charge in [0.25, 0.3) is 0 Å². The van der Waals surface area contributed by atoms with Gasteiger partial charge in [-0.3, -0.25) is 0 Å². The lowest BCUT2D eigenvalue weighted by Gasteiger charge is -2.11. The van der Waals surface area contributed by atoms with Gasteiger partial charge in [0, 0.05) is 22.2 Å². The van der Waals surface area contributed by atoms with E-state index in [1.165, 1.54) is 0 Å². The van der Waals surface area contributed by atoms with Crippen LogP contribution in [-0.2, 0) is 6.54 Å². The number of fused-ring (bicyclic) bond motifs is 1. The Morgan fingerprint density at radius 2 is 2.06 bits per heavy atom. The van der Waals surface area contributed by atoms with Crippen LogP contribution in [0, 0.1) is 11.5 Å². The van der Waals surface area contributed by atoms with Crippen molar-refractivity contribution in [2.75, 3.05) is 0 Å². The van der Waals surface area contributed by atoms with Crippen molar-refractivity contribution in [2.45, 2.75) is 32.1 Å². The van der Waals surface area contributed by atoms with Gasteiger partial charge in [0.1, 0.15) is 0 Å². The average molecular weight is 261 g/mol. The summed E-state index contributed by atoms with van der Waals surface area (Å²) in [5.74, 6) is 0. The SMILES string of the molecule is CC.CC1(S)C=Cc2[nH]cc(CNC#N)c2C=C1. The van der Waals surface area contributed by atoms with Gasteiger partial charge in [-0.2, -0.15) is 17.9 Å². The summed E-state index contributed by atoms with van der Waals surface area (Å²) in [6, 6.07) is 0. The first-order valence-corrected chi connectivity index (χ1v) is 6.50. The van der Waals surface area contributed by atoms with Crippen molar-refractivity contribution >= 4 is 24.8 Å². The average Bonchev–Trinajstić information content (AvgIpc) is 2.69. The smallest absolute Gasteiger partial charge is 0.176 e. The van der Waals surface area contributed by atoms with Gasteiger partial charge in [-0.15, -0.1) is 0 Å². The fourth-order valence-corrected chi connectivity index (χ4v) is 1.82. The van der Waals surface area contributed by atoms with Crippen LogP contribution < -0.4 is 5.32 Å². The highest BCUT2D eigenvalue weighted by Crippen LogP contribution is 2.27. The highest BCUT2D eigenvalue weighted by Gasteiger charge is 2.16. The van der Waals surface area contributed by atoms with Crippen molar-refractivity contribution in [3.63, 3.8) is 0 Å². The molecule has 2 N–H and O–H groups in total. The topological polar surface area (TPSA) is 51.6 Å². The van der Waals surface area contributed by atoms with Crippen LogP contribution in [0.2, 0.25) is 0 Å². The van der Waals surface area contributed by atoms with Crippen LogP contribution in [0.3, 0.4) is 0 Å². The molecule has 0 radical (unpaired) electrons. The molecule has 0 fully saturated rings. The highest BCUT2D eigenvalue weighted by molar-refractivity contribution is 7.82. The summed E-state index contributed by atoms with van der Waals surface area (Å²) >= 11 is 4.52. The number of hydrogen-bond acceptors (Lipinski definition) is 3. The Bertz CT molecular complexity index is 490. The molecule has 0 saturated carbocycles. The molecule has 0 aliphatic heterocycles. The molecule has 1 aromatic heterocycles. The number of aromatic nitrogens is 1. The Labute approximate surface area is 114 Å². The fraction of sp³-hybridized carbons (Fsp3) is 0.357. The summed E-state index contributed by atoms with van der Waals surface area (Å²) < 4.78 is -0.222. The molecule has 2 rings (SSSR count). The van der Waals surface area contributed by atoms with Gasteiger partial charge in [0.15, 0.2) is 6.19 Å². The van der Waals surface area contributed by atoms with E-state index in [9.17, 15) is 0 Å². The quantitative estimate of drug-likeness (QED) is 0.434. The Kier molecular flexibility index (Phi) is 5.11. The fourth-order valence-electron chi connectivity index (χ4n) is 1.67. The van der Waals surface area contributed by atoms with Gasteiger partial charge < -0.3 is 10.3 Å². The molecule has 1 atom stereocenters. The van der Waals surface area contributed by atoms with Crippen molar-refractivity contribution < 1.29 is 0 Å². The molecule has 1 aliphatic carbocycles. The zero-order chi connectivity index (χ0) is 13.6. The summed E-state index contributed by atoms with van der Waals surface area (Å²) in [4.78, 5) is 3.19. The lowest BCUT2D eigenvalue weighted by atomic mass is 10.1. The maximum Gasteiger partial charge on any atom is 0.176 e. The predicted molar refractivity (Wildman–Crippen MR) is 80.1 cm³/mol. The molecule has 1 aliphatic rings. The molecular weight excluding hydrogens is 242 g/mol. The van der Waals surface area contributed by atoms with Crippen LogP contribution in [0.15, 0.2) is 18.3 Å². The third-order valence-corrected chi connectivity index (χ3v) is 2.87. The minimum absolute atomic E-state index is 0.222. The first-order valence-electron chi connectivity index (χ1n) is 6.05. The molecule has 1 unspecified atom stereocenters. The van der Waals surface area contributed by atoms with E-state index in [-0.39, 0.29) is 4.75 Å². The van der Waals surface area contributed by atoms with E-state index in [4.69, 9.17) is 5.26 Å². The Hall–Kier alpha value is -1.60. The summed E-state index contributed by atoms with van der Waals surface area (Å²) in [5.41, 5.74) is 3.27. The second-order valence-corrected chi connectivity index (χ2v) is 4.96. The highest BCUT2D eigenvalue weighted by atomic mass is 32.1. The summed E-state index contributed by atoms with van der Waals surface area (Å²) in [6.07, 6.45) is 12.0. The van der Waals surface area contributed by atoms with Gasteiger partial charge >= 0.3 is 0 Å². The van der Waals surface area contributed by atoms with E-state index < -0.39 is 0 Å². The number of rotatable bonds is 2. The van der Waals surface area contributed by atoms with E-state index >= 15 is 0 Å². The zero-order valence-corrected chi connectivity index (χ0v) is 11.9. The lowest BCUT2D eigenvalue weighted by Crippen LogP contribution is -2.06. The Morgan fingerprint density at radius 1 is 1.39 bits per heavy atom. The maximum absolute atomic E-state index is 8.49. The third kappa shape index (κ3) is 3.44. The van der Waals surface area contributed by atoms with E-state index in [0.717, 1.165) is 16.8 Å². The number of thiol groups is 1. The summed E-state index contributed by atoms with van der Waals surface area (Å²) in [6.45, 7) is 6.58. The molecular formula is C14H19N3S. The van der Waals surface area contributed by atoms with Crippen LogP contribution in [-0.4, -0.2) is 9.73 Å². The maximum atomic E-state index is 8.49.